The number of benzene rings is 1. The summed E-state index contributed by atoms with van der Waals surface area (Å²) in [4.78, 5) is 23.9. The standard InChI is InChI=1S/C20H23N3OS2/c1-6-15-13(4)26-20-18(15)19(21-14(5)22-20)25-10-17(24)23-16-9-7-8-11(2)12(16)3/h7-9H,6,10H2,1-5H3,(H,23,24). The van der Waals surface area contributed by atoms with Gasteiger partial charge < -0.3 is 5.32 Å². The van der Waals surface area contributed by atoms with Gasteiger partial charge in [0, 0.05) is 16.0 Å². The van der Waals surface area contributed by atoms with E-state index in [4.69, 9.17) is 0 Å². The topological polar surface area (TPSA) is 54.9 Å². The number of anilines is 1. The lowest BCUT2D eigenvalue weighted by Gasteiger charge is -2.10. The molecular weight excluding hydrogens is 362 g/mol. The molecule has 3 aromatic rings. The maximum Gasteiger partial charge on any atom is 0.234 e. The number of thiophene rings is 1. The fraction of sp³-hybridized carbons (Fsp3) is 0.350. The minimum atomic E-state index is -0.0156. The van der Waals surface area contributed by atoms with Crippen molar-refractivity contribution in [1.82, 2.24) is 9.97 Å². The van der Waals surface area contributed by atoms with Crippen LogP contribution in [0, 0.1) is 27.7 Å². The highest BCUT2D eigenvalue weighted by Gasteiger charge is 2.16. The predicted molar refractivity (Wildman–Crippen MR) is 112 cm³/mol. The Kier molecular flexibility index (Phi) is 5.63. The molecular formula is C20H23N3OS2. The molecule has 0 aliphatic carbocycles. The van der Waals surface area contributed by atoms with Gasteiger partial charge in [0.25, 0.3) is 0 Å². The molecule has 26 heavy (non-hydrogen) atoms. The summed E-state index contributed by atoms with van der Waals surface area (Å²) in [5.74, 6) is 1.06. The number of thioether (sulfide) groups is 1. The highest BCUT2D eigenvalue weighted by molar-refractivity contribution is 8.00. The molecule has 1 amide bonds. The van der Waals surface area contributed by atoms with Gasteiger partial charge in [-0.2, -0.15) is 0 Å². The van der Waals surface area contributed by atoms with Crippen LogP contribution in [-0.2, 0) is 11.2 Å². The van der Waals surface area contributed by atoms with Crippen molar-refractivity contribution in [2.45, 2.75) is 46.1 Å². The zero-order chi connectivity index (χ0) is 18.8. The van der Waals surface area contributed by atoms with Crippen LogP contribution in [0.2, 0.25) is 0 Å². The molecule has 2 aromatic heterocycles. The number of carbonyl (C=O) groups is 1. The third-order valence-electron chi connectivity index (χ3n) is 4.50. The molecule has 0 fully saturated rings. The first kappa shape index (κ1) is 18.9. The van der Waals surface area contributed by atoms with Crippen LogP contribution in [-0.4, -0.2) is 21.6 Å². The van der Waals surface area contributed by atoms with Crippen molar-refractivity contribution in [3.63, 3.8) is 0 Å². The lowest BCUT2D eigenvalue weighted by atomic mass is 10.1. The third kappa shape index (κ3) is 3.76. The van der Waals surface area contributed by atoms with Crippen LogP contribution in [0.3, 0.4) is 0 Å². The molecule has 0 radical (unpaired) electrons. The lowest BCUT2D eigenvalue weighted by Crippen LogP contribution is -2.15. The van der Waals surface area contributed by atoms with Crippen LogP contribution in [0.1, 0.15) is 34.3 Å². The number of amides is 1. The minimum Gasteiger partial charge on any atom is -0.325 e. The third-order valence-corrected chi connectivity index (χ3v) is 6.52. The first-order valence-electron chi connectivity index (χ1n) is 8.66. The lowest BCUT2D eigenvalue weighted by molar-refractivity contribution is -0.113. The van der Waals surface area contributed by atoms with Crippen LogP contribution in [0.4, 0.5) is 5.69 Å². The second kappa shape index (κ2) is 7.76. The summed E-state index contributed by atoms with van der Waals surface area (Å²) in [6.45, 7) is 10.3. The number of carbonyl (C=O) groups excluding carboxylic acids is 1. The summed E-state index contributed by atoms with van der Waals surface area (Å²) >= 11 is 3.19. The normalized spacial score (nSPS) is 11.1. The van der Waals surface area contributed by atoms with E-state index >= 15 is 0 Å². The van der Waals surface area contributed by atoms with Gasteiger partial charge in [-0.05, 0) is 56.9 Å². The van der Waals surface area contributed by atoms with Gasteiger partial charge in [-0.1, -0.05) is 30.8 Å². The number of aryl methyl sites for hydroxylation is 4. The van der Waals surface area contributed by atoms with E-state index in [0.717, 1.165) is 38.7 Å². The average molecular weight is 386 g/mol. The van der Waals surface area contributed by atoms with E-state index < -0.39 is 0 Å². The molecule has 6 heteroatoms. The molecule has 0 bridgehead atoms. The highest BCUT2D eigenvalue weighted by Crippen LogP contribution is 2.36. The summed E-state index contributed by atoms with van der Waals surface area (Å²) in [6.07, 6.45) is 0.945. The summed E-state index contributed by atoms with van der Waals surface area (Å²) < 4.78 is 0. The van der Waals surface area contributed by atoms with Crippen molar-refractivity contribution in [1.29, 1.82) is 0 Å². The van der Waals surface area contributed by atoms with Crippen molar-refractivity contribution >= 4 is 44.9 Å². The molecule has 0 atom stereocenters. The van der Waals surface area contributed by atoms with Crippen LogP contribution < -0.4 is 5.32 Å². The molecule has 1 N–H and O–H groups in total. The Morgan fingerprint density at radius 2 is 1.96 bits per heavy atom. The zero-order valence-corrected chi connectivity index (χ0v) is 17.4. The Labute approximate surface area is 162 Å². The Morgan fingerprint density at radius 3 is 2.69 bits per heavy atom. The van der Waals surface area contributed by atoms with Gasteiger partial charge in [-0.3, -0.25) is 4.79 Å². The maximum atomic E-state index is 12.5. The zero-order valence-electron chi connectivity index (χ0n) is 15.8. The van der Waals surface area contributed by atoms with Crippen molar-refractivity contribution in [3.8, 4) is 0 Å². The number of hydrogen-bond acceptors (Lipinski definition) is 5. The molecule has 0 aliphatic rings. The first-order valence-corrected chi connectivity index (χ1v) is 10.5. The Balaban J connectivity index is 1.81. The fourth-order valence-electron chi connectivity index (χ4n) is 2.97. The first-order chi connectivity index (χ1) is 12.4. The highest BCUT2D eigenvalue weighted by atomic mass is 32.2. The largest absolute Gasteiger partial charge is 0.325 e. The van der Waals surface area contributed by atoms with E-state index in [1.165, 1.54) is 27.8 Å². The van der Waals surface area contributed by atoms with Crippen LogP contribution in [0.25, 0.3) is 10.2 Å². The molecule has 0 saturated heterocycles. The van der Waals surface area contributed by atoms with Crippen LogP contribution in [0.5, 0.6) is 0 Å². The smallest absolute Gasteiger partial charge is 0.234 e. The number of rotatable bonds is 5. The molecule has 1 aromatic carbocycles. The van der Waals surface area contributed by atoms with Crippen molar-refractivity contribution in [2.75, 3.05) is 11.1 Å². The molecule has 0 spiro atoms. The number of nitrogens with one attached hydrogen (secondary N) is 1. The van der Waals surface area contributed by atoms with Gasteiger partial charge in [0.15, 0.2) is 0 Å². The quantitative estimate of drug-likeness (QED) is 0.483. The number of fused-ring (bicyclic) bond motifs is 1. The maximum absolute atomic E-state index is 12.5. The van der Waals surface area contributed by atoms with Crippen LogP contribution in [0.15, 0.2) is 23.2 Å². The summed E-state index contributed by atoms with van der Waals surface area (Å²) in [5, 5.41) is 5.04. The summed E-state index contributed by atoms with van der Waals surface area (Å²) in [5.41, 5.74) is 4.44. The SMILES string of the molecule is CCc1c(C)sc2nc(C)nc(SCC(=O)Nc3cccc(C)c3C)c12. The average Bonchev–Trinajstić information content (AvgIpc) is 2.91. The van der Waals surface area contributed by atoms with E-state index in [9.17, 15) is 4.79 Å². The Hall–Kier alpha value is -1.92. The number of hydrogen-bond donors (Lipinski definition) is 1. The number of aromatic nitrogens is 2. The minimum absolute atomic E-state index is 0.0156. The molecule has 0 aliphatic heterocycles. The van der Waals surface area contributed by atoms with Gasteiger partial charge in [-0.25, -0.2) is 9.97 Å². The van der Waals surface area contributed by atoms with Gasteiger partial charge >= 0.3 is 0 Å². The molecule has 0 unspecified atom stereocenters. The summed E-state index contributed by atoms with van der Waals surface area (Å²) in [6, 6.07) is 5.95. The van der Waals surface area contributed by atoms with Gasteiger partial charge in [0.1, 0.15) is 15.7 Å². The monoisotopic (exact) mass is 385 g/mol. The predicted octanol–water partition coefficient (Wildman–Crippen LogP) is 5.22. The molecule has 2 heterocycles. The van der Waals surface area contributed by atoms with E-state index in [-0.39, 0.29) is 5.91 Å². The molecule has 3 rings (SSSR count). The number of nitrogens with zero attached hydrogens (tertiary/aromatic N) is 2. The van der Waals surface area contributed by atoms with Crippen molar-refractivity contribution < 1.29 is 4.79 Å². The van der Waals surface area contributed by atoms with Gasteiger partial charge in [-0.15, -0.1) is 11.3 Å². The van der Waals surface area contributed by atoms with Crippen molar-refractivity contribution in [3.05, 3.63) is 45.6 Å². The van der Waals surface area contributed by atoms with E-state index in [1.807, 2.05) is 39.0 Å². The van der Waals surface area contributed by atoms with Crippen LogP contribution >= 0.6 is 23.1 Å². The Morgan fingerprint density at radius 1 is 1.19 bits per heavy atom. The second-order valence-corrected chi connectivity index (χ2v) is 8.50. The molecule has 136 valence electrons. The van der Waals surface area contributed by atoms with Gasteiger partial charge in [0.05, 0.1) is 5.75 Å². The Bertz CT molecular complexity index is 979. The second-order valence-electron chi connectivity index (χ2n) is 6.33. The van der Waals surface area contributed by atoms with Gasteiger partial charge in [0.2, 0.25) is 5.91 Å². The van der Waals surface area contributed by atoms with E-state index in [1.54, 1.807) is 11.3 Å². The van der Waals surface area contributed by atoms with Crippen molar-refractivity contribution in [2.24, 2.45) is 0 Å². The summed E-state index contributed by atoms with van der Waals surface area (Å²) in [7, 11) is 0. The fourth-order valence-corrected chi connectivity index (χ4v) is 5.10. The van der Waals surface area contributed by atoms with E-state index in [2.05, 4.69) is 29.1 Å². The van der Waals surface area contributed by atoms with E-state index in [0.29, 0.717) is 5.75 Å². The molecule has 4 nitrogen and oxygen atoms in total. The molecule has 0 saturated carbocycles.